The van der Waals surface area contributed by atoms with E-state index in [1.54, 1.807) is 4.90 Å². The van der Waals surface area contributed by atoms with Crippen molar-refractivity contribution in [3.63, 3.8) is 0 Å². The van der Waals surface area contributed by atoms with Crippen LogP contribution in [0, 0.1) is 11.3 Å². The normalized spacial score (nSPS) is 34.8. The summed E-state index contributed by atoms with van der Waals surface area (Å²) in [5.74, 6) is -1.11. The van der Waals surface area contributed by atoms with Gasteiger partial charge in [-0.1, -0.05) is 0 Å². The molecule has 0 bridgehead atoms. The number of aliphatic hydroxyl groups is 2. The summed E-state index contributed by atoms with van der Waals surface area (Å²) in [4.78, 5) is 21.2. The third-order valence-electron chi connectivity index (χ3n) is 3.74. The first-order valence-corrected chi connectivity index (χ1v) is 6.46. The number of amides is 1. The second kappa shape index (κ2) is 5.02. The predicted octanol–water partition coefficient (Wildman–Crippen LogP) is -1.83. The number of hydrogen-bond donors (Lipinski definition) is 4. The van der Waals surface area contributed by atoms with Gasteiger partial charge in [0.05, 0.1) is 12.7 Å². The summed E-state index contributed by atoms with van der Waals surface area (Å²) in [7, 11) is 0. The highest BCUT2D eigenvalue weighted by molar-refractivity contribution is 6.20. The maximum absolute atomic E-state index is 11.9. The van der Waals surface area contributed by atoms with E-state index in [4.69, 9.17) is 21.0 Å². The first-order valence-electron chi connectivity index (χ1n) is 6.46. The van der Waals surface area contributed by atoms with Gasteiger partial charge >= 0.3 is 0 Å². The molecule has 1 unspecified atom stereocenters. The van der Waals surface area contributed by atoms with Gasteiger partial charge in [0.25, 0.3) is 5.91 Å². The van der Waals surface area contributed by atoms with Crippen LogP contribution in [-0.4, -0.2) is 64.1 Å². The van der Waals surface area contributed by atoms with E-state index in [9.17, 15) is 9.90 Å². The fraction of sp³-hybridized carbons (Fsp3) is 0.500. The Labute approximate surface area is 119 Å². The molecule has 0 saturated carbocycles. The third-order valence-corrected chi connectivity index (χ3v) is 3.74. The van der Waals surface area contributed by atoms with Crippen LogP contribution < -0.4 is 5.73 Å². The van der Waals surface area contributed by atoms with Crippen LogP contribution in [0.3, 0.4) is 0 Å². The molecule has 3 rings (SSSR count). The van der Waals surface area contributed by atoms with Crippen molar-refractivity contribution in [1.82, 2.24) is 4.90 Å². The van der Waals surface area contributed by atoms with E-state index < -0.39 is 30.3 Å². The van der Waals surface area contributed by atoms with Gasteiger partial charge in [0.2, 0.25) is 0 Å². The topological polar surface area (TPSA) is 145 Å². The molecular weight excluding hydrogens is 278 g/mol. The molecule has 0 radical (unpaired) electrons. The molecule has 0 aromatic rings. The van der Waals surface area contributed by atoms with E-state index in [-0.39, 0.29) is 18.9 Å². The molecular formula is C12H15N5O4. The van der Waals surface area contributed by atoms with Gasteiger partial charge in [-0.15, -0.1) is 0 Å². The summed E-state index contributed by atoms with van der Waals surface area (Å²) in [6, 6.07) is 0. The van der Waals surface area contributed by atoms with Crippen molar-refractivity contribution in [2.24, 2.45) is 21.6 Å². The Hall–Kier alpha value is -2.10. The smallest absolute Gasteiger partial charge is 0.262 e. The van der Waals surface area contributed by atoms with Crippen LogP contribution >= 0.6 is 0 Å². The minimum Gasteiger partial charge on any atom is -0.394 e. The number of hydrogen-bond acceptors (Lipinski definition) is 7. The lowest BCUT2D eigenvalue weighted by Gasteiger charge is -2.26. The van der Waals surface area contributed by atoms with Gasteiger partial charge < -0.3 is 25.6 Å². The Morgan fingerprint density at radius 2 is 2.38 bits per heavy atom. The van der Waals surface area contributed by atoms with E-state index in [1.807, 2.05) is 0 Å². The highest BCUT2D eigenvalue weighted by Gasteiger charge is 2.46. The van der Waals surface area contributed by atoms with Crippen LogP contribution in [-0.2, 0) is 9.53 Å². The number of amidine groups is 2. The predicted molar refractivity (Wildman–Crippen MR) is 72.6 cm³/mol. The molecule has 1 amide bonds. The molecule has 9 heteroatoms. The number of carbonyl (C=O) groups excluding carboxylic acids is 1. The first-order chi connectivity index (χ1) is 10.0. The molecule has 4 atom stereocenters. The molecule has 1 fully saturated rings. The fourth-order valence-electron chi connectivity index (χ4n) is 2.69. The standard InChI is InChI=1S/C12H15N5O4/c13-10(14)5-2-17(8-1-6(19)7(3-18)21-8)11-9(5)12(20)16-4-15-11/h2,4,6-9,18-19H,1,3H2,(H3,13,14)/t6-,7+,8+,9?/m0/s1. The zero-order valence-electron chi connectivity index (χ0n) is 11.0. The lowest BCUT2D eigenvalue weighted by atomic mass is 9.99. The number of ether oxygens (including phenoxy) is 1. The van der Waals surface area contributed by atoms with Crippen LogP contribution in [0.5, 0.6) is 0 Å². The Kier molecular flexibility index (Phi) is 3.32. The molecule has 0 aliphatic carbocycles. The number of fused-ring (bicyclic) bond motifs is 1. The van der Waals surface area contributed by atoms with Gasteiger partial charge in [-0.05, 0) is 0 Å². The van der Waals surface area contributed by atoms with Crippen LogP contribution in [0.4, 0.5) is 0 Å². The van der Waals surface area contributed by atoms with Crippen molar-refractivity contribution >= 4 is 23.9 Å². The van der Waals surface area contributed by atoms with Crippen LogP contribution in [0.1, 0.15) is 6.42 Å². The largest absolute Gasteiger partial charge is 0.394 e. The second-order valence-corrected chi connectivity index (χ2v) is 5.02. The zero-order chi connectivity index (χ0) is 15.1. The first kappa shape index (κ1) is 13.9. The minimum atomic E-state index is -0.804. The van der Waals surface area contributed by atoms with Crippen molar-refractivity contribution in [2.45, 2.75) is 24.9 Å². The maximum Gasteiger partial charge on any atom is 0.262 e. The molecule has 3 aliphatic rings. The zero-order valence-corrected chi connectivity index (χ0v) is 11.0. The monoisotopic (exact) mass is 293 g/mol. The van der Waals surface area contributed by atoms with Gasteiger partial charge in [-0.25, -0.2) is 9.98 Å². The molecule has 1 saturated heterocycles. The summed E-state index contributed by atoms with van der Waals surface area (Å²) < 4.78 is 5.55. The van der Waals surface area contributed by atoms with Gasteiger partial charge in [0.15, 0.2) is 0 Å². The summed E-state index contributed by atoms with van der Waals surface area (Å²) in [5.41, 5.74) is 5.81. The van der Waals surface area contributed by atoms with Gasteiger partial charge in [0.1, 0.15) is 36.3 Å². The highest BCUT2D eigenvalue weighted by atomic mass is 16.5. The van der Waals surface area contributed by atoms with E-state index in [0.717, 1.165) is 6.34 Å². The molecule has 0 spiro atoms. The number of nitrogens with two attached hydrogens (primary N) is 1. The number of nitrogens with zero attached hydrogens (tertiary/aromatic N) is 3. The Bertz CT molecular complexity index is 584. The fourth-order valence-corrected chi connectivity index (χ4v) is 2.69. The van der Waals surface area contributed by atoms with E-state index in [1.165, 1.54) is 6.20 Å². The number of rotatable bonds is 3. The average molecular weight is 293 g/mol. The van der Waals surface area contributed by atoms with Crippen LogP contribution in [0.15, 0.2) is 21.8 Å². The molecule has 9 nitrogen and oxygen atoms in total. The third kappa shape index (κ3) is 2.15. The number of nitrogens with one attached hydrogen (secondary N) is 1. The Morgan fingerprint density at radius 3 is 3.00 bits per heavy atom. The molecule has 3 aliphatic heterocycles. The molecule has 3 heterocycles. The van der Waals surface area contributed by atoms with Crippen molar-refractivity contribution in [3.05, 3.63) is 11.8 Å². The lowest BCUT2D eigenvalue weighted by molar-refractivity contribution is -0.118. The summed E-state index contributed by atoms with van der Waals surface area (Å²) in [6.45, 7) is -0.301. The van der Waals surface area contributed by atoms with E-state index >= 15 is 0 Å². The van der Waals surface area contributed by atoms with Crippen LogP contribution in [0.25, 0.3) is 0 Å². The number of aliphatic imine (C=N–C) groups is 2. The Balaban J connectivity index is 1.92. The van der Waals surface area contributed by atoms with Crippen molar-refractivity contribution in [1.29, 1.82) is 5.41 Å². The molecule has 0 aromatic carbocycles. The number of aliphatic hydroxyl groups excluding tert-OH is 2. The maximum atomic E-state index is 11.9. The van der Waals surface area contributed by atoms with Crippen molar-refractivity contribution in [2.75, 3.05) is 6.61 Å². The Morgan fingerprint density at radius 1 is 1.62 bits per heavy atom. The van der Waals surface area contributed by atoms with Crippen molar-refractivity contribution < 1.29 is 19.7 Å². The quantitative estimate of drug-likeness (QED) is 0.356. The molecule has 0 aromatic heterocycles. The van der Waals surface area contributed by atoms with E-state index in [0.29, 0.717) is 11.4 Å². The van der Waals surface area contributed by atoms with E-state index in [2.05, 4.69) is 9.98 Å². The lowest BCUT2D eigenvalue weighted by Crippen LogP contribution is -2.40. The van der Waals surface area contributed by atoms with Gasteiger partial charge in [-0.3, -0.25) is 10.2 Å². The molecule has 5 N–H and O–H groups in total. The number of carbonyl (C=O) groups is 1. The van der Waals surface area contributed by atoms with Gasteiger partial charge in [0, 0.05) is 18.2 Å². The van der Waals surface area contributed by atoms with Gasteiger partial charge in [-0.2, -0.15) is 0 Å². The summed E-state index contributed by atoms with van der Waals surface area (Å²) in [5, 5.41) is 26.5. The second-order valence-electron chi connectivity index (χ2n) is 5.02. The SMILES string of the molecule is N=C(N)C1=CN([C@H]2C[C@H](O)[C@@H](CO)O2)C2=NC=NC(=O)C12. The molecule has 21 heavy (non-hydrogen) atoms. The molecule has 112 valence electrons. The average Bonchev–Trinajstić information content (AvgIpc) is 3.00. The summed E-state index contributed by atoms with van der Waals surface area (Å²) in [6.07, 6.45) is 0.861. The minimum absolute atomic E-state index is 0.238. The van der Waals surface area contributed by atoms with Crippen LogP contribution in [0.2, 0.25) is 0 Å². The summed E-state index contributed by atoms with van der Waals surface area (Å²) >= 11 is 0. The van der Waals surface area contributed by atoms with Crippen molar-refractivity contribution in [3.8, 4) is 0 Å². The highest BCUT2D eigenvalue weighted by Crippen LogP contribution is 2.33.